The SMILES string of the molecule is CC(=O)OC(C)C1(C)NCCS1. The molecule has 12 heavy (non-hydrogen) atoms. The van der Waals surface area contributed by atoms with Gasteiger partial charge in [0, 0.05) is 19.2 Å². The number of hydrogen-bond acceptors (Lipinski definition) is 4. The molecule has 0 radical (unpaired) electrons. The molecule has 70 valence electrons. The molecular weight excluding hydrogens is 174 g/mol. The first-order valence-corrected chi connectivity index (χ1v) is 5.09. The van der Waals surface area contributed by atoms with Crippen LogP contribution < -0.4 is 5.32 Å². The fourth-order valence-electron chi connectivity index (χ4n) is 1.24. The molecule has 0 amide bonds. The van der Waals surface area contributed by atoms with Crippen molar-refractivity contribution < 1.29 is 9.53 Å². The van der Waals surface area contributed by atoms with Crippen LogP contribution in [0.1, 0.15) is 20.8 Å². The van der Waals surface area contributed by atoms with Crippen molar-refractivity contribution in [3.05, 3.63) is 0 Å². The van der Waals surface area contributed by atoms with Crippen molar-refractivity contribution in [2.45, 2.75) is 31.7 Å². The fraction of sp³-hybridized carbons (Fsp3) is 0.875. The summed E-state index contributed by atoms with van der Waals surface area (Å²) in [6, 6.07) is 0. The highest BCUT2D eigenvalue weighted by molar-refractivity contribution is 8.00. The summed E-state index contributed by atoms with van der Waals surface area (Å²) in [5, 5.41) is 3.32. The van der Waals surface area contributed by atoms with Gasteiger partial charge in [0.15, 0.2) is 0 Å². The number of ether oxygens (including phenoxy) is 1. The average Bonchev–Trinajstić information content (AvgIpc) is 2.36. The normalized spacial score (nSPS) is 31.6. The summed E-state index contributed by atoms with van der Waals surface area (Å²) in [6.07, 6.45) is -0.0671. The molecule has 0 spiro atoms. The Hall–Kier alpha value is -0.220. The van der Waals surface area contributed by atoms with Gasteiger partial charge >= 0.3 is 5.97 Å². The molecule has 1 rings (SSSR count). The van der Waals surface area contributed by atoms with Crippen LogP contribution in [0.4, 0.5) is 0 Å². The second-order valence-electron chi connectivity index (χ2n) is 3.13. The van der Waals surface area contributed by atoms with Gasteiger partial charge in [0.25, 0.3) is 0 Å². The highest BCUT2D eigenvalue weighted by atomic mass is 32.2. The van der Waals surface area contributed by atoms with E-state index in [0.29, 0.717) is 0 Å². The van der Waals surface area contributed by atoms with E-state index in [-0.39, 0.29) is 16.9 Å². The van der Waals surface area contributed by atoms with Crippen molar-refractivity contribution in [3.63, 3.8) is 0 Å². The quantitative estimate of drug-likeness (QED) is 0.657. The lowest BCUT2D eigenvalue weighted by atomic mass is 10.2. The number of nitrogens with one attached hydrogen (secondary N) is 1. The summed E-state index contributed by atoms with van der Waals surface area (Å²) < 4.78 is 5.11. The van der Waals surface area contributed by atoms with Crippen molar-refractivity contribution in [2.24, 2.45) is 0 Å². The molecule has 1 fully saturated rings. The van der Waals surface area contributed by atoms with Gasteiger partial charge in [-0.15, -0.1) is 11.8 Å². The zero-order valence-corrected chi connectivity index (χ0v) is 8.53. The van der Waals surface area contributed by atoms with Gasteiger partial charge in [0.2, 0.25) is 0 Å². The van der Waals surface area contributed by atoms with E-state index in [1.165, 1.54) is 6.92 Å². The van der Waals surface area contributed by atoms with Crippen LogP contribution in [0.3, 0.4) is 0 Å². The Balaban J connectivity index is 2.49. The highest BCUT2D eigenvalue weighted by Crippen LogP contribution is 2.31. The number of carbonyl (C=O) groups excluding carboxylic acids is 1. The predicted octanol–water partition coefficient (Wildman–Crippen LogP) is 0.991. The van der Waals surface area contributed by atoms with Crippen molar-refractivity contribution in [1.29, 1.82) is 0 Å². The summed E-state index contributed by atoms with van der Waals surface area (Å²) in [5.41, 5.74) is 0. The topological polar surface area (TPSA) is 38.3 Å². The van der Waals surface area contributed by atoms with Gasteiger partial charge in [-0.1, -0.05) is 0 Å². The molecular formula is C8H15NO2S. The molecule has 4 heteroatoms. The Bertz CT molecular complexity index is 178. The van der Waals surface area contributed by atoms with Crippen molar-refractivity contribution in [3.8, 4) is 0 Å². The van der Waals surface area contributed by atoms with E-state index in [2.05, 4.69) is 12.2 Å². The smallest absolute Gasteiger partial charge is 0.302 e. The van der Waals surface area contributed by atoms with E-state index in [4.69, 9.17) is 4.74 Å². The van der Waals surface area contributed by atoms with E-state index in [1.54, 1.807) is 11.8 Å². The molecule has 0 aromatic carbocycles. The maximum Gasteiger partial charge on any atom is 0.302 e. The Morgan fingerprint density at radius 2 is 2.42 bits per heavy atom. The lowest BCUT2D eigenvalue weighted by Gasteiger charge is -2.29. The molecule has 2 atom stereocenters. The van der Waals surface area contributed by atoms with Crippen LogP contribution in [0.5, 0.6) is 0 Å². The first-order valence-electron chi connectivity index (χ1n) is 4.11. The van der Waals surface area contributed by atoms with E-state index in [0.717, 1.165) is 12.3 Å². The van der Waals surface area contributed by atoms with Crippen molar-refractivity contribution >= 4 is 17.7 Å². The molecule has 0 saturated carbocycles. The second-order valence-corrected chi connectivity index (χ2v) is 4.68. The largest absolute Gasteiger partial charge is 0.460 e. The average molecular weight is 189 g/mol. The molecule has 0 aromatic rings. The minimum absolute atomic E-state index is 0.0671. The maximum atomic E-state index is 10.7. The third-order valence-corrected chi connectivity index (χ3v) is 3.58. The third-order valence-electron chi connectivity index (χ3n) is 2.10. The Kier molecular flexibility index (Phi) is 3.01. The van der Waals surface area contributed by atoms with Gasteiger partial charge in [-0.05, 0) is 13.8 Å². The van der Waals surface area contributed by atoms with Gasteiger partial charge in [-0.2, -0.15) is 0 Å². The lowest BCUT2D eigenvalue weighted by molar-refractivity contribution is -0.147. The van der Waals surface area contributed by atoms with Gasteiger partial charge in [-0.3, -0.25) is 10.1 Å². The Labute approximate surface area is 77.2 Å². The summed E-state index contributed by atoms with van der Waals surface area (Å²) in [4.78, 5) is 10.6. The molecule has 1 saturated heterocycles. The minimum Gasteiger partial charge on any atom is -0.460 e. The number of thioether (sulfide) groups is 1. The number of esters is 1. The van der Waals surface area contributed by atoms with Crippen LogP contribution in [-0.4, -0.2) is 29.2 Å². The zero-order chi connectivity index (χ0) is 9.19. The third kappa shape index (κ3) is 2.14. The monoisotopic (exact) mass is 189 g/mol. The number of hydrogen-bond donors (Lipinski definition) is 1. The van der Waals surface area contributed by atoms with Crippen molar-refractivity contribution in [1.82, 2.24) is 5.32 Å². The zero-order valence-electron chi connectivity index (χ0n) is 7.72. The van der Waals surface area contributed by atoms with E-state index in [9.17, 15) is 4.79 Å². The number of carbonyl (C=O) groups is 1. The molecule has 1 N–H and O–H groups in total. The van der Waals surface area contributed by atoms with Gasteiger partial charge in [0.1, 0.15) is 6.10 Å². The molecule has 3 nitrogen and oxygen atoms in total. The van der Waals surface area contributed by atoms with E-state index in [1.807, 2.05) is 6.92 Å². The standard InChI is InChI=1S/C8H15NO2S/c1-6(11-7(2)10)8(3)9-4-5-12-8/h6,9H,4-5H2,1-3H3. The Morgan fingerprint density at radius 3 is 2.83 bits per heavy atom. The maximum absolute atomic E-state index is 10.7. The van der Waals surface area contributed by atoms with Crippen LogP contribution in [0.25, 0.3) is 0 Å². The highest BCUT2D eigenvalue weighted by Gasteiger charge is 2.36. The van der Waals surface area contributed by atoms with E-state index < -0.39 is 0 Å². The van der Waals surface area contributed by atoms with Crippen LogP contribution >= 0.6 is 11.8 Å². The van der Waals surface area contributed by atoms with E-state index >= 15 is 0 Å². The molecule has 0 aliphatic carbocycles. The van der Waals surface area contributed by atoms with Gasteiger partial charge in [0.05, 0.1) is 4.87 Å². The first kappa shape index (κ1) is 9.86. The summed E-state index contributed by atoms with van der Waals surface area (Å²) in [6.45, 7) is 6.43. The summed E-state index contributed by atoms with van der Waals surface area (Å²) in [5.74, 6) is 0.875. The second kappa shape index (κ2) is 3.66. The van der Waals surface area contributed by atoms with Gasteiger partial charge in [-0.25, -0.2) is 0 Å². The summed E-state index contributed by atoms with van der Waals surface area (Å²) >= 11 is 1.81. The molecule has 0 bridgehead atoms. The summed E-state index contributed by atoms with van der Waals surface area (Å²) in [7, 11) is 0. The first-order chi connectivity index (χ1) is 5.54. The van der Waals surface area contributed by atoms with Gasteiger partial charge < -0.3 is 4.74 Å². The van der Waals surface area contributed by atoms with Crippen LogP contribution in [0.2, 0.25) is 0 Å². The Morgan fingerprint density at radius 1 is 1.75 bits per heavy atom. The fourth-order valence-corrected chi connectivity index (χ4v) is 2.35. The molecule has 2 unspecified atom stereocenters. The van der Waals surface area contributed by atoms with Crippen LogP contribution in [0, 0.1) is 0 Å². The predicted molar refractivity (Wildman–Crippen MR) is 50.1 cm³/mol. The minimum atomic E-state index is -0.210. The van der Waals surface area contributed by atoms with Crippen LogP contribution in [0.15, 0.2) is 0 Å². The molecule has 0 aromatic heterocycles. The lowest BCUT2D eigenvalue weighted by Crippen LogP contribution is -2.45. The molecule has 1 heterocycles. The molecule has 1 aliphatic heterocycles. The number of rotatable bonds is 2. The molecule has 1 aliphatic rings. The van der Waals surface area contributed by atoms with Crippen LogP contribution in [-0.2, 0) is 9.53 Å². The van der Waals surface area contributed by atoms with Crippen molar-refractivity contribution in [2.75, 3.05) is 12.3 Å².